The van der Waals surface area contributed by atoms with Crippen LogP contribution in [-0.4, -0.2) is 24.7 Å². The third-order valence-electron chi connectivity index (χ3n) is 2.62. The Morgan fingerprint density at radius 1 is 1.11 bits per heavy atom. The van der Waals surface area contributed by atoms with Gasteiger partial charge in [0.25, 0.3) is 0 Å². The zero-order valence-corrected chi connectivity index (χ0v) is 10.7. The normalized spacial score (nSPS) is 10.6. The number of nitrogens with zero attached hydrogens (tertiary/aromatic N) is 5. The second-order valence-electron chi connectivity index (χ2n) is 3.96. The highest BCUT2D eigenvalue weighted by Crippen LogP contribution is 2.19. The summed E-state index contributed by atoms with van der Waals surface area (Å²) in [5.41, 5.74) is 1.87. The lowest BCUT2D eigenvalue weighted by atomic mass is 10.1. The number of halogens is 1. The fourth-order valence-electron chi connectivity index (χ4n) is 1.72. The van der Waals surface area contributed by atoms with Crippen LogP contribution in [0.15, 0.2) is 49.2 Å². The van der Waals surface area contributed by atoms with Crippen LogP contribution in [0.1, 0.15) is 5.82 Å². The number of hydrogen-bond donors (Lipinski definition) is 0. The van der Waals surface area contributed by atoms with Crippen molar-refractivity contribution in [3.05, 3.63) is 60.0 Å². The molecule has 0 saturated carbocycles. The van der Waals surface area contributed by atoms with E-state index in [0.29, 0.717) is 17.4 Å². The molecule has 0 bridgehead atoms. The van der Waals surface area contributed by atoms with Crippen LogP contribution < -0.4 is 0 Å². The molecule has 0 radical (unpaired) electrons. The topological polar surface area (TPSA) is 56.5 Å². The van der Waals surface area contributed by atoms with E-state index in [1.807, 2.05) is 30.3 Å². The summed E-state index contributed by atoms with van der Waals surface area (Å²) in [4.78, 5) is 12.6. The smallest absolute Gasteiger partial charge is 0.150 e. The van der Waals surface area contributed by atoms with Gasteiger partial charge in [0.15, 0.2) is 0 Å². The maximum atomic E-state index is 5.87. The highest BCUT2D eigenvalue weighted by atomic mass is 35.5. The van der Waals surface area contributed by atoms with Gasteiger partial charge >= 0.3 is 0 Å². The van der Waals surface area contributed by atoms with Gasteiger partial charge in [0.05, 0.1) is 5.69 Å². The standard InChI is InChI=1S/C13H10ClN5/c14-11-3-1-10(2-4-11)12-5-6-16-13(18-12)7-19-9-15-8-17-19/h1-6,8-9H,7H2. The van der Waals surface area contributed by atoms with Gasteiger partial charge in [0.1, 0.15) is 25.0 Å². The fraction of sp³-hybridized carbons (Fsp3) is 0.0769. The van der Waals surface area contributed by atoms with Gasteiger partial charge in [-0.1, -0.05) is 23.7 Å². The molecule has 1 aromatic carbocycles. The van der Waals surface area contributed by atoms with Gasteiger partial charge in [0, 0.05) is 16.8 Å². The van der Waals surface area contributed by atoms with E-state index in [-0.39, 0.29) is 0 Å². The molecule has 0 aliphatic heterocycles. The van der Waals surface area contributed by atoms with Crippen molar-refractivity contribution in [2.24, 2.45) is 0 Å². The number of hydrogen-bond acceptors (Lipinski definition) is 4. The molecule has 0 aliphatic carbocycles. The first kappa shape index (κ1) is 11.8. The molecule has 0 atom stereocenters. The summed E-state index contributed by atoms with van der Waals surface area (Å²) in [6.45, 7) is 0.501. The Bertz CT molecular complexity index is 664. The molecule has 0 aliphatic rings. The van der Waals surface area contributed by atoms with Crippen LogP contribution in [0.3, 0.4) is 0 Å². The molecule has 3 aromatic rings. The van der Waals surface area contributed by atoms with Crippen molar-refractivity contribution < 1.29 is 0 Å². The number of rotatable bonds is 3. The molecule has 6 heteroatoms. The van der Waals surface area contributed by atoms with E-state index in [2.05, 4.69) is 20.1 Å². The average molecular weight is 272 g/mol. The lowest BCUT2D eigenvalue weighted by Crippen LogP contribution is -2.05. The van der Waals surface area contributed by atoms with E-state index in [0.717, 1.165) is 11.3 Å². The maximum Gasteiger partial charge on any atom is 0.150 e. The highest BCUT2D eigenvalue weighted by Gasteiger charge is 2.03. The molecule has 19 heavy (non-hydrogen) atoms. The van der Waals surface area contributed by atoms with Crippen LogP contribution in [0.2, 0.25) is 5.02 Å². The summed E-state index contributed by atoms with van der Waals surface area (Å²) in [5, 5.41) is 4.74. The van der Waals surface area contributed by atoms with E-state index in [1.54, 1.807) is 17.2 Å². The lowest BCUT2D eigenvalue weighted by Gasteiger charge is -2.04. The van der Waals surface area contributed by atoms with Gasteiger partial charge in [-0.15, -0.1) is 0 Å². The van der Waals surface area contributed by atoms with Gasteiger partial charge in [-0.25, -0.2) is 19.6 Å². The largest absolute Gasteiger partial charge is 0.245 e. The molecular weight excluding hydrogens is 262 g/mol. The molecule has 0 fully saturated rings. The van der Waals surface area contributed by atoms with E-state index < -0.39 is 0 Å². The summed E-state index contributed by atoms with van der Waals surface area (Å²) in [5.74, 6) is 0.693. The first-order chi connectivity index (χ1) is 9.31. The van der Waals surface area contributed by atoms with Gasteiger partial charge < -0.3 is 0 Å². The van der Waals surface area contributed by atoms with E-state index in [9.17, 15) is 0 Å². The van der Waals surface area contributed by atoms with Crippen LogP contribution in [0.5, 0.6) is 0 Å². The minimum Gasteiger partial charge on any atom is -0.245 e. The first-order valence-corrected chi connectivity index (χ1v) is 6.09. The summed E-state index contributed by atoms with van der Waals surface area (Å²) < 4.78 is 1.68. The minimum absolute atomic E-state index is 0.501. The third-order valence-corrected chi connectivity index (χ3v) is 2.87. The third kappa shape index (κ3) is 2.77. The second-order valence-corrected chi connectivity index (χ2v) is 4.39. The summed E-state index contributed by atoms with van der Waals surface area (Å²) >= 11 is 5.87. The Labute approximate surface area is 114 Å². The zero-order chi connectivity index (χ0) is 13.1. The molecule has 3 rings (SSSR count). The Hall–Kier alpha value is -2.27. The Morgan fingerprint density at radius 3 is 2.68 bits per heavy atom. The average Bonchev–Trinajstić information content (AvgIpc) is 2.93. The van der Waals surface area contributed by atoms with Crippen LogP contribution in [0, 0.1) is 0 Å². The zero-order valence-electron chi connectivity index (χ0n) is 9.94. The quantitative estimate of drug-likeness (QED) is 0.734. The first-order valence-electron chi connectivity index (χ1n) is 5.71. The predicted octanol–water partition coefficient (Wildman–Crippen LogP) is 2.44. The van der Waals surface area contributed by atoms with Crippen molar-refractivity contribution in [1.29, 1.82) is 0 Å². The molecule has 0 saturated heterocycles. The van der Waals surface area contributed by atoms with E-state index >= 15 is 0 Å². The maximum absolute atomic E-state index is 5.87. The Morgan fingerprint density at radius 2 is 1.95 bits per heavy atom. The van der Waals surface area contributed by atoms with Gasteiger partial charge in [0.2, 0.25) is 0 Å². The summed E-state index contributed by atoms with van der Waals surface area (Å²) in [6.07, 6.45) is 4.87. The lowest BCUT2D eigenvalue weighted by molar-refractivity contribution is 0.654. The molecule has 2 aromatic heterocycles. The van der Waals surface area contributed by atoms with Crippen molar-refractivity contribution in [3.8, 4) is 11.3 Å². The molecule has 0 amide bonds. The molecule has 0 N–H and O–H groups in total. The molecule has 0 unspecified atom stereocenters. The van der Waals surface area contributed by atoms with E-state index in [4.69, 9.17) is 11.6 Å². The molecule has 2 heterocycles. The van der Waals surface area contributed by atoms with Crippen molar-refractivity contribution >= 4 is 11.6 Å². The fourth-order valence-corrected chi connectivity index (χ4v) is 1.84. The monoisotopic (exact) mass is 271 g/mol. The summed E-state index contributed by atoms with van der Waals surface area (Å²) in [7, 11) is 0. The Kier molecular flexibility index (Phi) is 3.20. The number of benzene rings is 1. The predicted molar refractivity (Wildman–Crippen MR) is 71.6 cm³/mol. The molecule has 0 spiro atoms. The van der Waals surface area contributed by atoms with Crippen LogP contribution in [0.25, 0.3) is 11.3 Å². The number of aromatic nitrogens is 5. The Balaban J connectivity index is 1.89. The van der Waals surface area contributed by atoms with Crippen LogP contribution in [-0.2, 0) is 6.54 Å². The van der Waals surface area contributed by atoms with Crippen LogP contribution >= 0.6 is 11.6 Å². The summed E-state index contributed by atoms with van der Waals surface area (Å²) in [6, 6.07) is 9.42. The van der Waals surface area contributed by atoms with Gasteiger partial charge in [-0.05, 0) is 18.2 Å². The van der Waals surface area contributed by atoms with Crippen LogP contribution in [0.4, 0.5) is 0 Å². The van der Waals surface area contributed by atoms with Crippen molar-refractivity contribution in [2.45, 2.75) is 6.54 Å². The molecular formula is C13H10ClN5. The van der Waals surface area contributed by atoms with Crippen molar-refractivity contribution in [2.75, 3.05) is 0 Å². The van der Waals surface area contributed by atoms with Crippen molar-refractivity contribution in [1.82, 2.24) is 24.7 Å². The minimum atomic E-state index is 0.501. The highest BCUT2D eigenvalue weighted by molar-refractivity contribution is 6.30. The van der Waals surface area contributed by atoms with E-state index in [1.165, 1.54) is 6.33 Å². The van der Waals surface area contributed by atoms with Crippen molar-refractivity contribution in [3.63, 3.8) is 0 Å². The second kappa shape index (κ2) is 5.16. The SMILES string of the molecule is Clc1ccc(-c2ccnc(Cn3cncn3)n2)cc1. The van der Waals surface area contributed by atoms with Gasteiger partial charge in [-0.2, -0.15) is 5.10 Å². The molecule has 5 nitrogen and oxygen atoms in total. The van der Waals surface area contributed by atoms with Gasteiger partial charge in [-0.3, -0.25) is 0 Å². The molecule has 94 valence electrons.